The summed E-state index contributed by atoms with van der Waals surface area (Å²) < 4.78 is 53.6. The number of aliphatic carboxylic acids is 1. The van der Waals surface area contributed by atoms with Crippen LogP contribution >= 0.6 is 11.3 Å². The molecule has 1 fully saturated rings. The number of aromatic nitrogens is 3. The Labute approximate surface area is 224 Å². The zero-order chi connectivity index (χ0) is 28.2. The lowest BCUT2D eigenvalue weighted by atomic mass is 10.1. The van der Waals surface area contributed by atoms with Gasteiger partial charge < -0.3 is 15.3 Å². The zero-order valence-corrected chi connectivity index (χ0v) is 21.6. The summed E-state index contributed by atoms with van der Waals surface area (Å²) >= 11 is 1.05. The van der Waals surface area contributed by atoms with Gasteiger partial charge in [0.2, 0.25) is 0 Å². The molecule has 10 nitrogen and oxygen atoms in total. The number of carboxylic acids is 1. The third kappa shape index (κ3) is 7.25. The Morgan fingerprint density at radius 3 is 2.46 bits per heavy atom. The van der Waals surface area contributed by atoms with E-state index in [1.54, 1.807) is 7.05 Å². The summed E-state index contributed by atoms with van der Waals surface area (Å²) in [5, 5.41) is 14.4. The second-order valence-electron chi connectivity index (χ2n) is 8.73. The average Bonchev–Trinajstić information content (AvgIpc) is 3.29. The van der Waals surface area contributed by atoms with Crippen molar-refractivity contribution in [3.8, 4) is 11.3 Å². The molecule has 208 valence electrons. The molecule has 0 radical (unpaired) electrons. The van der Waals surface area contributed by atoms with E-state index in [-0.39, 0.29) is 35.0 Å². The lowest BCUT2D eigenvalue weighted by Crippen LogP contribution is -2.47. The van der Waals surface area contributed by atoms with Gasteiger partial charge in [0.25, 0.3) is 5.91 Å². The number of halogens is 4. The molecule has 1 aliphatic heterocycles. The maximum Gasteiger partial charge on any atom is 0.416 e. The van der Waals surface area contributed by atoms with Crippen LogP contribution in [0.15, 0.2) is 30.6 Å². The van der Waals surface area contributed by atoms with Crippen LogP contribution in [0.3, 0.4) is 0 Å². The van der Waals surface area contributed by atoms with Crippen molar-refractivity contribution in [3.05, 3.63) is 52.5 Å². The lowest BCUT2D eigenvalue weighted by Gasteiger charge is -2.34. The number of hydrogen-bond donors (Lipinski definition) is 3. The third-order valence-corrected chi connectivity index (χ3v) is 6.93. The topological polar surface area (TPSA) is 124 Å². The van der Waals surface area contributed by atoms with Crippen molar-refractivity contribution in [2.24, 2.45) is 0 Å². The zero-order valence-electron chi connectivity index (χ0n) is 20.8. The number of carbonyl (C=O) groups is 2. The van der Waals surface area contributed by atoms with Crippen LogP contribution < -0.4 is 15.5 Å². The molecule has 0 unspecified atom stereocenters. The van der Waals surface area contributed by atoms with Crippen molar-refractivity contribution in [3.63, 3.8) is 0 Å². The number of thiazole rings is 1. The first-order chi connectivity index (χ1) is 18.5. The molecule has 1 aromatic carbocycles. The molecule has 1 amide bonds. The van der Waals surface area contributed by atoms with Crippen molar-refractivity contribution in [1.82, 2.24) is 25.2 Å². The number of piperazine rings is 1. The highest BCUT2D eigenvalue weighted by Crippen LogP contribution is 2.36. The van der Waals surface area contributed by atoms with E-state index in [1.807, 2.05) is 4.90 Å². The summed E-state index contributed by atoms with van der Waals surface area (Å²) in [6, 6.07) is 2.20. The SMILES string of the molecule is CNCc1sc(NC(=O)c2cnc(N3CCN(CCC(=O)O)CC3)cn2)nc1-c1cc(F)cc(C(F)(F)F)c1. The van der Waals surface area contributed by atoms with Gasteiger partial charge in [-0.2, -0.15) is 13.2 Å². The lowest BCUT2D eigenvalue weighted by molar-refractivity contribution is -0.138. The number of amides is 1. The molecule has 0 atom stereocenters. The van der Waals surface area contributed by atoms with Gasteiger partial charge in [-0.15, -0.1) is 0 Å². The predicted molar refractivity (Wildman–Crippen MR) is 136 cm³/mol. The normalized spacial score (nSPS) is 14.4. The van der Waals surface area contributed by atoms with Crippen LogP contribution in [0.25, 0.3) is 11.3 Å². The average molecular weight is 568 g/mol. The van der Waals surface area contributed by atoms with E-state index in [0.717, 1.165) is 23.5 Å². The standard InChI is InChI=1S/C24H25F4N7O3S/c1-29-12-18-21(14-8-15(24(26,27)28)10-16(25)9-14)32-23(39-18)33-22(38)17-11-31-19(13-30-17)35-6-4-34(5-7-35)3-2-20(36)37/h8-11,13,29H,2-7,12H2,1H3,(H,36,37)(H,32,33,38). The highest BCUT2D eigenvalue weighted by molar-refractivity contribution is 7.16. The summed E-state index contributed by atoms with van der Waals surface area (Å²) in [5.74, 6) is -1.93. The van der Waals surface area contributed by atoms with E-state index in [2.05, 4.69) is 30.5 Å². The van der Waals surface area contributed by atoms with E-state index >= 15 is 0 Å². The van der Waals surface area contributed by atoms with Gasteiger partial charge in [-0.25, -0.2) is 19.3 Å². The van der Waals surface area contributed by atoms with Gasteiger partial charge in [0.1, 0.15) is 17.3 Å². The fourth-order valence-electron chi connectivity index (χ4n) is 4.02. The summed E-state index contributed by atoms with van der Waals surface area (Å²) in [5.41, 5.74) is -1.06. The van der Waals surface area contributed by atoms with Gasteiger partial charge in [-0.3, -0.25) is 19.8 Å². The Balaban J connectivity index is 1.45. The summed E-state index contributed by atoms with van der Waals surface area (Å²) in [6.45, 7) is 3.32. The number of nitrogens with one attached hydrogen (secondary N) is 2. The molecule has 0 bridgehead atoms. The van der Waals surface area contributed by atoms with E-state index < -0.39 is 29.4 Å². The highest BCUT2D eigenvalue weighted by Gasteiger charge is 2.32. The van der Waals surface area contributed by atoms with E-state index in [9.17, 15) is 27.2 Å². The fraction of sp³-hybridized carbons (Fsp3) is 0.375. The minimum absolute atomic E-state index is 0.0101. The van der Waals surface area contributed by atoms with E-state index in [0.29, 0.717) is 49.5 Å². The van der Waals surface area contributed by atoms with Gasteiger partial charge in [0.15, 0.2) is 5.13 Å². The van der Waals surface area contributed by atoms with Gasteiger partial charge in [0, 0.05) is 49.7 Å². The molecule has 1 saturated heterocycles. The number of hydrogen-bond acceptors (Lipinski definition) is 9. The molecule has 0 saturated carbocycles. The van der Waals surface area contributed by atoms with Gasteiger partial charge in [0.05, 0.1) is 30.1 Å². The van der Waals surface area contributed by atoms with E-state index in [1.165, 1.54) is 12.4 Å². The second-order valence-corrected chi connectivity index (χ2v) is 9.82. The number of carboxylic acid groups (broad SMARTS) is 1. The van der Waals surface area contributed by atoms with Gasteiger partial charge >= 0.3 is 12.1 Å². The molecule has 3 aromatic rings. The second kappa shape index (κ2) is 12.0. The smallest absolute Gasteiger partial charge is 0.416 e. The number of nitrogens with zero attached hydrogens (tertiary/aromatic N) is 5. The third-order valence-electron chi connectivity index (χ3n) is 5.96. The molecular weight excluding hydrogens is 542 g/mol. The monoisotopic (exact) mass is 567 g/mol. The minimum Gasteiger partial charge on any atom is -0.481 e. The number of alkyl halides is 3. The highest BCUT2D eigenvalue weighted by atomic mass is 32.1. The molecule has 0 spiro atoms. The Kier molecular flexibility index (Phi) is 8.72. The van der Waals surface area contributed by atoms with Crippen LogP contribution in [0.5, 0.6) is 0 Å². The number of anilines is 2. The van der Waals surface area contributed by atoms with Crippen molar-refractivity contribution in [1.29, 1.82) is 0 Å². The quantitative estimate of drug-likeness (QED) is 0.334. The van der Waals surface area contributed by atoms with Crippen molar-refractivity contribution in [2.75, 3.05) is 50.0 Å². The van der Waals surface area contributed by atoms with Crippen LogP contribution in [0.2, 0.25) is 0 Å². The van der Waals surface area contributed by atoms with Gasteiger partial charge in [-0.1, -0.05) is 11.3 Å². The Morgan fingerprint density at radius 2 is 1.85 bits per heavy atom. The first-order valence-corrected chi connectivity index (χ1v) is 12.7. The van der Waals surface area contributed by atoms with Gasteiger partial charge in [-0.05, 0) is 25.2 Å². The van der Waals surface area contributed by atoms with Crippen LogP contribution in [0.4, 0.5) is 28.5 Å². The Hall–Kier alpha value is -3.69. The fourth-order valence-corrected chi connectivity index (χ4v) is 5.01. The van der Waals surface area contributed by atoms with E-state index in [4.69, 9.17) is 5.11 Å². The molecule has 4 rings (SSSR count). The maximum absolute atomic E-state index is 14.0. The summed E-state index contributed by atoms with van der Waals surface area (Å²) in [6.07, 6.45) is -1.87. The Bertz CT molecular complexity index is 1330. The molecular formula is C24H25F4N7O3S. The molecule has 3 heterocycles. The van der Waals surface area contributed by atoms with Crippen molar-refractivity contribution < 1.29 is 32.3 Å². The van der Waals surface area contributed by atoms with Crippen molar-refractivity contribution in [2.45, 2.75) is 19.1 Å². The number of rotatable bonds is 9. The van der Waals surface area contributed by atoms with Crippen LogP contribution in [-0.4, -0.2) is 76.6 Å². The summed E-state index contributed by atoms with van der Waals surface area (Å²) in [7, 11) is 1.64. The number of benzene rings is 1. The first-order valence-electron chi connectivity index (χ1n) is 11.9. The molecule has 0 aliphatic carbocycles. The molecule has 2 aromatic heterocycles. The molecule has 1 aliphatic rings. The largest absolute Gasteiger partial charge is 0.481 e. The molecule has 15 heteroatoms. The molecule has 3 N–H and O–H groups in total. The molecule has 39 heavy (non-hydrogen) atoms. The predicted octanol–water partition coefficient (Wildman–Crippen LogP) is 3.33. The maximum atomic E-state index is 14.0. The summed E-state index contributed by atoms with van der Waals surface area (Å²) in [4.78, 5) is 40.9. The van der Waals surface area contributed by atoms with Crippen molar-refractivity contribution >= 4 is 34.2 Å². The van der Waals surface area contributed by atoms with Crippen LogP contribution in [0.1, 0.15) is 27.3 Å². The minimum atomic E-state index is -4.73. The van der Waals surface area contributed by atoms with Crippen LogP contribution in [0, 0.1) is 5.82 Å². The Morgan fingerprint density at radius 1 is 1.10 bits per heavy atom. The van der Waals surface area contributed by atoms with Crippen LogP contribution in [-0.2, 0) is 17.5 Å². The first kappa shape index (κ1) is 28.3. The number of carbonyl (C=O) groups excluding carboxylic acids is 1.